The van der Waals surface area contributed by atoms with Crippen molar-refractivity contribution in [3.8, 4) is 0 Å². The molecule has 0 saturated carbocycles. The van der Waals surface area contributed by atoms with Gasteiger partial charge in [-0.15, -0.1) is 0 Å². The molecule has 4 amide bonds. The predicted octanol–water partition coefficient (Wildman–Crippen LogP) is 2.61. The standard InChI is InChI=1S/C19H21N3O4/c1-11-5-6-12(2)14(9-11)20-16(23)10-22-17(24)19(4,21-18(22)25)15-8-7-13(3)26-15/h5-9H,10H2,1-4H3,(H,20,23)(H,21,25)/t19-/m1/s1. The maximum absolute atomic E-state index is 12.8. The molecule has 1 saturated heterocycles. The van der Waals surface area contributed by atoms with Gasteiger partial charge < -0.3 is 15.1 Å². The second-order valence-electron chi connectivity index (χ2n) is 6.72. The summed E-state index contributed by atoms with van der Waals surface area (Å²) in [6, 6.07) is 8.43. The van der Waals surface area contributed by atoms with Crippen molar-refractivity contribution in [2.45, 2.75) is 33.2 Å². The van der Waals surface area contributed by atoms with E-state index in [0.29, 0.717) is 17.2 Å². The van der Waals surface area contributed by atoms with E-state index in [1.165, 1.54) is 0 Å². The molecule has 7 nitrogen and oxygen atoms in total. The Balaban J connectivity index is 1.75. The van der Waals surface area contributed by atoms with E-state index in [0.717, 1.165) is 16.0 Å². The van der Waals surface area contributed by atoms with Gasteiger partial charge in [-0.1, -0.05) is 12.1 Å². The molecule has 1 aliphatic heterocycles. The third-order valence-electron chi connectivity index (χ3n) is 4.48. The summed E-state index contributed by atoms with van der Waals surface area (Å²) in [7, 11) is 0. The molecular formula is C19H21N3O4. The fourth-order valence-corrected chi connectivity index (χ4v) is 2.91. The molecule has 0 spiro atoms. The molecule has 0 radical (unpaired) electrons. The zero-order chi connectivity index (χ0) is 19.1. The quantitative estimate of drug-likeness (QED) is 0.825. The maximum atomic E-state index is 12.8. The van der Waals surface area contributed by atoms with Crippen molar-refractivity contribution < 1.29 is 18.8 Å². The second kappa shape index (κ2) is 6.33. The van der Waals surface area contributed by atoms with Gasteiger partial charge in [-0.25, -0.2) is 4.79 Å². The second-order valence-corrected chi connectivity index (χ2v) is 6.72. The zero-order valence-electron chi connectivity index (χ0n) is 15.2. The van der Waals surface area contributed by atoms with Crippen LogP contribution in [0, 0.1) is 20.8 Å². The van der Waals surface area contributed by atoms with Gasteiger partial charge in [0.25, 0.3) is 5.91 Å². The number of hydrogen-bond acceptors (Lipinski definition) is 4. The number of imide groups is 1. The average molecular weight is 355 g/mol. The van der Waals surface area contributed by atoms with Gasteiger partial charge in [0.05, 0.1) is 0 Å². The highest BCUT2D eigenvalue weighted by Crippen LogP contribution is 2.30. The van der Waals surface area contributed by atoms with Crippen molar-refractivity contribution in [1.29, 1.82) is 0 Å². The number of furan rings is 1. The summed E-state index contributed by atoms with van der Waals surface area (Å²) in [6.45, 7) is 6.74. The topological polar surface area (TPSA) is 91.7 Å². The molecule has 1 atom stereocenters. The number of nitrogens with zero attached hydrogens (tertiary/aromatic N) is 1. The minimum absolute atomic E-state index is 0.339. The summed E-state index contributed by atoms with van der Waals surface area (Å²) in [6.07, 6.45) is 0. The first-order valence-electron chi connectivity index (χ1n) is 8.29. The Labute approximate surface area is 151 Å². The first-order valence-corrected chi connectivity index (χ1v) is 8.29. The van der Waals surface area contributed by atoms with Crippen molar-refractivity contribution in [1.82, 2.24) is 10.2 Å². The van der Waals surface area contributed by atoms with E-state index in [-0.39, 0.29) is 6.54 Å². The van der Waals surface area contributed by atoms with Gasteiger partial charge in [0.15, 0.2) is 5.54 Å². The summed E-state index contributed by atoms with van der Waals surface area (Å²) in [5, 5.41) is 5.37. The van der Waals surface area contributed by atoms with E-state index in [9.17, 15) is 14.4 Å². The molecule has 0 aliphatic carbocycles. The van der Waals surface area contributed by atoms with Crippen LogP contribution in [-0.4, -0.2) is 29.3 Å². The highest BCUT2D eigenvalue weighted by atomic mass is 16.3. The normalized spacial score (nSPS) is 19.6. The highest BCUT2D eigenvalue weighted by Gasteiger charge is 2.51. The van der Waals surface area contributed by atoms with Crippen LogP contribution >= 0.6 is 0 Å². The lowest BCUT2D eigenvalue weighted by atomic mass is 9.99. The number of rotatable bonds is 4. The highest BCUT2D eigenvalue weighted by molar-refractivity contribution is 6.10. The van der Waals surface area contributed by atoms with Gasteiger partial charge in [-0.2, -0.15) is 0 Å². The van der Waals surface area contributed by atoms with Gasteiger partial charge in [-0.3, -0.25) is 14.5 Å². The molecule has 1 fully saturated rings. The number of carbonyl (C=O) groups excluding carboxylic acids is 3. The lowest BCUT2D eigenvalue weighted by molar-refractivity contribution is -0.134. The van der Waals surface area contributed by atoms with Crippen molar-refractivity contribution in [3.63, 3.8) is 0 Å². The van der Waals surface area contributed by atoms with Crippen LogP contribution in [0.5, 0.6) is 0 Å². The van der Waals surface area contributed by atoms with Gasteiger partial charge in [-0.05, 0) is 57.0 Å². The van der Waals surface area contributed by atoms with E-state index in [1.807, 2.05) is 32.0 Å². The number of amides is 4. The largest absolute Gasteiger partial charge is 0.463 e. The molecule has 26 heavy (non-hydrogen) atoms. The molecule has 1 aromatic carbocycles. The summed E-state index contributed by atoms with van der Waals surface area (Å²) in [5.41, 5.74) is 1.25. The Bertz CT molecular complexity index is 902. The number of carbonyl (C=O) groups is 3. The molecule has 7 heteroatoms. The van der Waals surface area contributed by atoms with Gasteiger partial charge in [0.2, 0.25) is 5.91 Å². The van der Waals surface area contributed by atoms with Crippen LogP contribution in [0.2, 0.25) is 0 Å². The van der Waals surface area contributed by atoms with Gasteiger partial charge >= 0.3 is 6.03 Å². The van der Waals surface area contributed by atoms with Crippen LogP contribution < -0.4 is 10.6 Å². The fraction of sp³-hybridized carbons (Fsp3) is 0.316. The van der Waals surface area contributed by atoms with Crippen LogP contribution in [-0.2, 0) is 15.1 Å². The summed E-state index contributed by atoms with van der Waals surface area (Å²) >= 11 is 0. The first kappa shape index (κ1) is 17.7. The summed E-state index contributed by atoms with van der Waals surface area (Å²) in [5.74, 6) is 0.00946. The molecule has 2 N–H and O–H groups in total. The van der Waals surface area contributed by atoms with E-state index in [1.54, 1.807) is 26.0 Å². The Kier molecular flexibility index (Phi) is 4.31. The monoisotopic (exact) mass is 355 g/mol. The molecule has 2 aromatic rings. The molecule has 3 rings (SSSR count). The number of benzene rings is 1. The van der Waals surface area contributed by atoms with E-state index in [2.05, 4.69) is 10.6 Å². The van der Waals surface area contributed by atoms with Crippen LogP contribution in [0.4, 0.5) is 10.5 Å². The van der Waals surface area contributed by atoms with Crippen LogP contribution in [0.15, 0.2) is 34.7 Å². The van der Waals surface area contributed by atoms with Crippen molar-refractivity contribution in [3.05, 3.63) is 53.0 Å². The Morgan fingerprint density at radius 1 is 1.19 bits per heavy atom. The zero-order valence-corrected chi connectivity index (χ0v) is 15.2. The predicted molar refractivity (Wildman–Crippen MR) is 95.6 cm³/mol. The van der Waals surface area contributed by atoms with Gasteiger partial charge in [0.1, 0.15) is 18.1 Å². The number of nitrogens with one attached hydrogen (secondary N) is 2. The van der Waals surface area contributed by atoms with Crippen LogP contribution in [0.3, 0.4) is 0 Å². The molecule has 0 bridgehead atoms. The third-order valence-corrected chi connectivity index (χ3v) is 4.48. The van der Waals surface area contributed by atoms with Crippen LogP contribution in [0.1, 0.15) is 29.6 Å². The number of hydrogen-bond donors (Lipinski definition) is 2. The molecular weight excluding hydrogens is 334 g/mol. The molecule has 1 aromatic heterocycles. The summed E-state index contributed by atoms with van der Waals surface area (Å²) < 4.78 is 5.50. The number of aryl methyl sites for hydroxylation is 3. The first-order chi connectivity index (χ1) is 12.2. The summed E-state index contributed by atoms with van der Waals surface area (Å²) in [4.78, 5) is 38.3. The Morgan fingerprint density at radius 2 is 1.92 bits per heavy atom. The maximum Gasteiger partial charge on any atom is 0.325 e. The minimum atomic E-state index is -1.31. The third kappa shape index (κ3) is 3.08. The van der Waals surface area contributed by atoms with E-state index < -0.39 is 23.4 Å². The van der Waals surface area contributed by atoms with Crippen molar-refractivity contribution in [2.75, 3.05) is 11.9 Å². The molecule has 1 aliphatic rings. The van der Waals surface area contributed by atoms with E-state index in [4.69, 9.17) is 4.42 Å². The lowest BCUT2D eigenvalue weighted by Crippen LogP contribution is -2.41. The molecule has 0 unspecified atom stereocenters. The SMILES string of the molecule is Cc1ccc(C)c(NC(=O)CN2C(=O)N[C@](C)(c3ccc(C)o3)C2=O)c1. The minimum Gasteiger partial charge on any atom is -0.463 e. The lowest BCUT2D eigenvalue weighted by Gasteiger charge is -2.19. The number of anilines is 1. The molecule has 2 heterocycles. The van der Waals surface area contributed by atoms with Crippen molar-refractivity contribution in [2.24, 2.45) is 0 Å². The fourth-order valence-electron chi connectivity index (χ4n) is 2.91. The number of urea groups is 1. The Morgan fingerprint density at radius 3 is 2.58 bits per heavy atom. The molecule has 136 valence electrons. The average Bonchev–Trinajstić information content (AvgIpc) is 3.09. The van der Waals surface area contributed by atoms with Crippen LogP contribution in [0.25, 0.3) is 0 Å². The Hall–Kier alpha value is -3.09. The van der Waals surface area contributed by atoms with Crippen molar-refractivity contribution >= 4 is 23.5 Å². The smallest absolute Gasteiger partial charge is 0.325 e. The van der Waals surface area contributed by atoms with E-state index >= 15 is 0 Å². The van der Waals surface area contributed by atoms with Gasteiger partial charge in [0, 0.05) is 5.69 Å².